The second-order valence-electron chi connectivity index (χ2n) is 14.9. The fraction of sp³-hybridized carbons (Fsp3) is 0.711. The van der Waals surface area contributed by atoms with E-state index in [1.54, 1.807) is 21.1 Å². The number of likely N-dealkylation sites (N-methyl/N-ethyl adjacent to an activating group) is 1. The maximum atomic E-state index is 12.7. The number of carboxylic acids is 1. The number of hydrogen-bond acceptors (Lipinski definition) is 7. The van der Waals surface area contributed by atoms with Gasteiger partial charge in [0, 0.05) is 19.3 Å². The summed E-state index contributed by atoms with van der Waals surface area (Å²) in [7, 11) is 5.38. The molecule has 0 aliphatic rings. The van der Waals surface area contributed by atoms with Gasteiger partial charge in [0.15, 0.2) is 6.10 Å². The molecule has 0 spiro atoms. The largest absolute Gasteiger partial charge is 0.544 e. The molecule has 0 heterocycles. The molecule has 0 amide bonds. The summed E-state index contributed by atoms with van der Waals surface area (Å²) in [4.78, 5) is 36.7. The van der Waals surface area contributed by atoms with E-state index in [1.807, 2.05) is 36.5 Å². The van der Waals surface area contributed by atoms with Crippen LogP contribution in [-0.4, -0.2) is 75.5 Å². The molecule has 2 unspecified atom stereocenters. The van der Waals surface area contributed by atoms with E-state index in [0.717, 1.165) is 57.8 Å². The average molecular weight is 744 g/mol. The van der Waals surface area contributed by atoms with Crippen LogP contribution in [0.3, 0.4) is 0 Å². The van der Waals surface area contributed by atoms with Crippen LogP contribution in [0.2, 0.25) is 0 Å². The monoisotopic (exact) mass is 744 g/mol. The molecular formula is C45H77NO7. The first kappa shape index (κ1) is 50.0. The Kier molecular flexibility index (Phi) is 34.0. The minimum Gasteiger partial charge on any atom is -0.544 e. The lowest BCUT2D eigenvalue weighted by atomic mass is 10.1. The number of esters is 2. The molecule has 304 valence electrons. The summed E-state index contributed by atoms with van der Waals surface area (Å²) >= 11 is 0. The van der Waals surface area contributed by atoms with Crippen molar-refractivity contribution >= 4 is 17.9 Å². The van der Waals surface area contributed by atoms with E-state index in [1.165, 1.54) is 57.8 Å². The number of carbonyl (C=O) groups excluding carboxylic acids is 3. The molecule has 0 aliphatic heterocycles. The van der Waals surface area contributed by atoms with Gasteiger partial charge in [-0.3, -0.25) is 9.59 Å². The van der Waals surface area contributed by atoms with E-state index in [9.17, 15) is 19.5 Å². The number of nitrogens with zero attached hydrogens (tertiary/aromatic N) is 1. The SMILES string of the molecule is CC/C=C/C=C/C=C/C=C/CCCCCC(=O)OC(COCCC(C(=O)[O-])[N+](C)(C)C)COC(=O)CCCCCCC/C=C/CCCCCCCCC. The van der Waals surface area contributed by atoms with Crippen LogP contribution >= 0.6 is 0 Å². The first-order chi connectivity index (χ1) is 25.6. The Hall–Kier alpha value is -2.97. The summed E-state index contributed by atoms with van der Waals surface area (Å²) in [5, 5.41) is 11.6. The molecule has 0 aromatic heterocycles. The molecule has 53 heavy (non-hydrogen) atoms. The van der Waals surface area contributed by atoms with Crippen LogP contribution in [0.25, 0.3) is 0 Å². The van der Waals surface area contributed by atoms with Gasteiger partial charge in [-0.2, -0.15) is 0 Å². The van der Waals surface area contributed by atoms with Crippen molar-refractivity contribution < 1.29 is 38.2 Å². The Morgan fingerprint density at radius 3 is 1.64 bits per heavy atom. The lowest BCUT2D eigenvalue weighted by molar-refractivity contribution is -0.889. The number of unbranched alkanes of at least 4 members (excludes halogenated alkanes) is 15. The highest BCUT2D eigenvalue weighted by molar-refractivity contribution is 5.70. The fourth-order valence-electron chi connectivity index (χ4n) is 5.72. The highest BCUT2D eigenvalue weighted by atomic mass is 16.6. The van der Waals surface area contributed by atoms with Gasteiger partial charge in [0.2, 0.25) is 0 Å². The normalized spacial score (nSPS) is 13.6. The molecule has 0 N–H and O–H groups in total. The number of ether oxygens (including phenoxy) is 3. The van der Waals surface area contributed by atoms with Gasteiger partial charge < -0.3 is 28.6 Å². The first-order valence-corrected chi connectivity index (χ1v) is 20.9. The van der Waals surface area contributed by atoms with Gasteiger partial charge in [-0.1, -0.05) is 139 Å². The Labute approximate surface area is 324 Å². The molecule has 0 aromatic rings. The summed E-state index contributed by atoms with van der Waals surface area (Å²) < 4.78 is 17.1. The molecule has 2 atom stereocenters. The van der Waals surface area contributed by atoms with Crippen molar-refractivity contribution in [3.05, 3.63) is 60.8 Å². The van der Waals surface area contributed by atoms with Crippen molar-refractivity contribution in [2.45, 2.75) is 167 Å². The second kappa shape index (κ2) is 36.0. The molecule has 0 radical (unpaired) electrons. The van der Waals surface area contributed by atoms with E-state index in [2.05, 4.69) is 38.2 Å². The molecular weight excluding hydrogens is 666 g/mol. The van der Waals surface area contributed by atoms with Crippen LogP contribution in [0.1, 0.15) is 155 Å². The second-order valence-corrected chi connectivity index (χ2v) is 14.9. The van der Waals surface area contributed by atoms with Crippen LogP contribution in [0, 0.1) is 0 Å². The topological polar surface area (TPSA) is 102 Å². The molecule has 0 saturated heterocycles. The van der Waals surface area contributed by atoms with Crippen LogP contribution in [0.5, 0.6) is 0 Å². The van der Waals surface area contributed by atoms with Crippen molar-refractivity contribution in [2.24, 2.45) is 0 Å². The minimum atomic E-state index is -1.14. The Morgan fingerprint density at radius 1 is 0.585 bits per heavy atom. The molecule has 0 aliphatic carbocycles. The van der Waals surface area contributed by atoms with E-state index in [-0.39, 0.29) is 49.1 Å². The third kappa shape index (κ3) is 34.5. The van der Waals surface area contributed by atoms with E-state index in [4.69, 9.17) is 14.2 Å². The summed E-state index contributed by atoms with van der Waals surface area (Å²) in [6, 6.07) is -0.735. The average Bonchev–Trinajstić information content (AvgIpc) is 3.11. The number of carboxylic acid groups (broad SMARTS) is 1. The standard InChI is InChI=1S/C45H77NO7/c1-6-8-10-12-14-16-18-20-21-22-24-25-27-29-31-33-35-43(47)52-40-41(39-51-38-37-42(45(49)50)46(3,4)5)53-44(48)36-34-32-30-28-26-23-19-17-15-13-11-9-7-2/h9,11,13,15,17,19,21-23,26,41-42H,6-8,10,12,14,16,18,20,24-25,27-40H2,1-5H3/b11-9+,15-13+,19-17+,22-21+,26-23+. The zero-order chi connectivity index (χ0) is 39.3. The highest BCUT2D eigenvalue weighted by Gasteiger charge is 2.25. The predicted octanol–water partition coefficient (Wildman–Crippen LogP) is 9.69. The fourth-order valence-corrected chi connectivity index (χ4v) is 5.72. The number of quaternary nitrogens is 1. The van der Waals surface area contributed by atoms with Gasteiger partial charge in [-0.15, -0.1) is 0 Å². The van der Waals surface area contributed by atoms with Gasteiger partial charge in [-0.25, -0.2) is 0 Å². The molecule has 0 fully saturated rings. The highest BCUT2D eigenvalue weighted by Crippen LogP contribution is 2.13. The number of hydrogen-bond donors (Lipinski definition) is 0. The summed E-state index contributed by atoms with van der Waals surface area (Å²) in [5.41, 5.74) is 0. The van der Waals surface area contributed by atoms with E-state index >= 15 is 0 Å². The molecule has 0 aromatic carbocycles. The number of rotatable bonds is 36. The molecule has 8 heteroatoms. The van der Waals surface area contributed by atoms with E-state index < -0.39 is 18.1 Å². The van der Waals surface area contributed by atoms with Crippen molar-refractivity contribution in [3.63, 3.8) is 0 Å². The lowest BCUT2D eigenvalue weighted by Crippen LogP contribution is -2.55. The molecule has 8 nitrogen and oxygen atoms in total. The van der Waals surface area contributed by atoms with Gasteiger partial charge in [0.25, 0.3) is 0 Å². The zero-order valence-corrected chi connectivity index (χ0v) is 34.4. The maximum Gasteiger partial charge on any atom is 0.306 e. The van der Waals surface area contributed by atoms with Crippen molar-refractivity contribution in [1.82, 2.24) is 0 Å². The number of allylic oxidation sites excluding steroid dienone is 10. The molecule has 0 rings (SSSR count). The van der Waals surface area contributed by atoms with E-state index in [0.29, 0.717) is 12.8 Å². The molecule has 0 bridgehead atoms. The van der Waals surface area contributed by atoms with Crippen molar-refractivity contribution in [2.75, 3.05) is 41.0 Å². The predicted molar refractivity (Wildman–Crippen MR) is 217 cm³/mol. The lowest BCUT2D eigenvalue weighted by Gasteiger charge is -2.34. The Morgan fingerprint density at radius 2 is 1.08 bits per heavy atom. The minimum absolute atomic E-state index is 0.0197. The van der Waals surface area contributed by atoms with Gasteiger partial charge >= 0.3 is 11.9 Å². The van der Waals surface area contributed by atoms with Gasteiger partial charge in [0.1, 0.15) is 12.6 Å². The van der Waals surface area contributed by atoms with Crippen LogP contribution in [0.4, 0.5) is 0 Å². The third-order valence-electron chi connectivity index (χ3n) is 8.98. The third-order valence-corrected chi connectivity index (χ3v) is 8.98. The Bertz CT molecular complexity index is 1050. The smallest absolute Gasteiger partial charge is 0.306 e. The Balaban J connectivity index is 4.44. The first-order valence-electron chi connectivity index (χ1n) is 20.9. The van der Waals surface area contributed by atoms with Crippen molar-refractivity contribution in [1.29, 1.82) is 0 Å². The maximum absolute atomic E-state index is 12.7. The summed E-state index contributed by atoms with van der Waals surface area (Å²) in [5.74, 6) is -1.80. The van der Waals surface area contributed by atoms with Gasteiger partial charge in [0.05, 0.1) is 40.3 Å². The zero-order valence-electron chi connectivity index (χ0n) is 34.4. The number of aliphatic carboxylic acids is 1. The quantitative estimate of drug-likeness (QED) is 0.0207. The molecule has 0 saturated carbocycles. The number of carbonyl (C=O) groups is 3. The van der Waals surface area contributed by atoms with Crippen molar-refractivity contribution in [3.8, 4) is 0 Å². The van der Waals surface area contributed by atoms with Gasteiger partial charge in [-0.05, 0) is 57.8 Å². The summed E-state index contributed by atoms with van der Waals surface area (Å²) in [6.07, 6.45) is 42.5. The summed E-state index contributed by atoms with van der Waals surface area (Å²) in [6.45, 7) is 4.45. The van der Waals surface area contributed by atoms with Crippen LogP contribution < -0.4 is 5.11 Å². The van der Waals surface area contributed by atoms with Crippen LogP contribution in [-0.2, 0) is 28.6 Å². The van der Waals surface area contributed by atoms with Crippen LogP contribution in [0.15, 0.2) is 60.8 Å².